The minimum absolute atomic E-state index is 0.158. The van der Waals surface area contributed by atoms with Crippen LogP contribution in [0.2, 0.25) is 0 Å². The van der Waals surface area contributed by atoms with Crippen LogP contribution < -0.4 is 0 Å². The summed E-state index contributed by atoms with van der Waals surface area (Å²) in [6.07, 6.45) is 0.0183. The Balaban J connectivity index is 5.03. The fourth-order valence-corrected chi connectivity index (χ4v) is 5.22. The monoisotopic (exact) mass is 294 g/mol. The van der Waals surface area contributed by atoms with Gasteiger partial charge in [0.25, 0.3) is 0 Å². The van der Waals surface area contributed by atoms with E-state index in [1.54, 1.807) is 13.8 Å². The van der Waals surface area contributed by atoms with Gasteiger partial charge in [0, 0.05) is 5.75 Å². The summed E-state index contributed by atoms with van der Waals surface area (Å²) in [6, 6.07) is 1.81. The lowest BCUT2D eigenvalue weighted by Gasteiger charge is -2.27. The second-order valence-corrected chi connectivity index (χ2v) is 7.64. The van der Waals surface area contributed by atoms with Crippen LogP contribution in [-0.2, 0) is 13.8 Å². The first kappa shape index (κ1) is 17.3. The van der Waals surface area contributed by atoms with E-state index in [0.29, 0.717) is 5.75 Å². The molecule has 0 fully saturated rings. The third-order valence-electron chi connectivity index (χ3n) is 1.75. The van der Waals surface area contributed by atoms with Crippen molar-refractivity contribution < 1.29 is 18.6 Å². The first-order chi connectivity index (χ1) is 8.55. The van der Waals surface area contributed by atoms with Gasteiger partial charge in [-0.1, -0.05) is 6.92 Å². The zero-order valence-corrected chi connectivity index (χ0v) is 12.6. The van der Waals surface area contributed by atoms with E-state index in [-0.39, 0.29) is 19.8 Å². The predicted octanol–water partition coefficient (Wildman–Crippen LogP) is 3.26. The standard InChI is InChI=1S/C10H19N2O4PS/c1-4-9-18-17(14,16-6-3)12(8-7-11)10(13)15-5-2/h4-6,8-9H2,1-3H3. The maximum absolute atomic E-state index is 12.6. The van der Waals surface area contributed by atoms with Gasteiger partial charge in [0.15, 0.2) is 0 Å². The van der Waals surface area contributed by atoms with Crippen molar-refractivity contribution in [1.82, 2.24) is 4.67 Å². The number of hydrogen-bond acceptors (Lipinski definition) is 6. The SMILES string of the molecule is CCCSP(=O)(OCC)N(CC#N)C(=O)OCC. The van der Waals surface area contributed by atoms with Crippen LogP contribution in [-0.4, -0.2) is 36.3 Å². The summed E-state index contributed by atoms with van der Waals surface area (Å²) in [4.78, 5) is 11.7. The van der Waals surface area contributed by atoms with Crippen LogP contribution in [0.1, 0.15) is 27.2 Å². The molecule has 0 aliphatic rings. The van der Waals surface area contributed by atoms with Crippen molar-refractivity contribution in [2.45, 2.75) is 27.2 Å². The van der Waals surface area contributed by atoms with Crippen LogP contribution in [0.5, 0.6) is 0 Å². The van der Waals surface area contributed by atoms with Crippen molar-refractivity contribution in [3.05, 3.63) is 0 Å². The molecule has 0 bridgehead atoms. The molecule has 0 radical (unpaired) electrons. The minimum atomic E-state index is -3.40. The summed E-state index contributed by atoms with van der Waals surface area (Å²) < 4.78 is 23.5. The maximum Gasteiger partial charge on any atom is 0.418 e. The van der Waals surface area contributed by atoms with Gasteiger partial charge in [-0.2, -0.15) is 5.26 Å². The Labute approximate surface area is 112 Å². The van der Waals surface area contributed by atoms with Crippen LogP contribution in [0.4, 0.5) is 4.79 Å². The Bertz CT molecular complexity index is 345. The van der Waals surface area contributed by atoms with Crippen LogP contribution in [0.15, 0.2) is 0 Å². The van der Waals surface area contributed by atoms with E-state index in [1.165, 1.54) is 0 Å². The van der Waals surface area contributed by atoms with Crippen molar-refractivity contribution in [3.63, 3.8) is 0 Å². The number of amides is 1. The number of nitrogens with zero attached hydrogens (tertiary/aromatic N) is 2. The molecule has 104 valence electrons. The summed E-state index contributed by atoms with van der Waals surface area (Å²) in [6.45, 7) is 1.92. The molecule has 0 aliphatic carbocycles. The van der Waals surface area contributed by atoms with Gasteiger partial charge in [-0.3, -0.25) is 4.57 Å². The van der Waals surface area contributed by atoms with Gasteiger partial charge in [0.05, 0.1) is 19.3 Å². The lowest BCUT2D eigenvalue weighted by atomic mass is 10.6. The van der Waals surface area contributed by atoms with Gasteiger partial charge in [-0.25, -0.2) is 9.46 Å². The molecule has 0 aromatic carbocycles. The molecular formula is C10H19N2O4PS. The number of carbonyl (C=O) groups excluding carboxylic acids is 1. The first-order valence-electron chi connectivity index (χ1n) is 5.76. The minimum Gasteiger partial charge on any atom is -0.449 e. The Morgan fingerprint density at radius 3 is 2.50 bits per heavy atom. The van der Waals surface area contributed by atoms with E-state index in [4.69, 9.17) is 14.5 Å². The molecule has 0 saturated heterocycles. The molecule has 18 heavy (non-hydrogen) atoms. The molecular weight excluding hydrogens is 275 g/mol. The van der Waals surface area contributed by atoms with Crippen molar-refractivity contribution in [2.75, 3.05) is 25.5 Å². The van der Waals surface area contributed by atoms with Crippen LogP contribution in [0.25, 0.3) is 0 Å². The van der Waals surface area contributed by atoms with Crippen LogP contribution in [0.3, 0.4) is 0 Å². The Morgan fingerprint density at radius 2 is 2.06 bits per heavy atom. The van der Waals surface area contributed by atoms with Crippen LogP contribution in [0, 0.1) is 11.3 Å². The molecule has 0 rings (SSSR count). The van der Waals surface area contributed by atoms with Crippen molar-refractivity contribution >= 4 is 24.2 Å². The second-order valence-electron chi connectivity index (χ2n) is 3.13. The Kier molecular flexibility index (Phi) is 8.90. The normalized spacial score (nSPS) is 13.4. The third kappa shape index (κ3) is 5.30. The molecule has 0 N–H and O–H groups in total. The topological polar surface area (TPSA) is 79.6 Å². The van der Waals surface area contributed by atoms with E-state index in [9.17, 15) is 9.36 Å². The van der Waals surface area contributed by atoms with E-state index >= 15 is 0 Å². The molecule has 0 saturated carbocycles. The fraction of sp³-hybridized carbons (Fsp3) is 0.800. The number of nitriles is 1. The van der Waals surface area contributed by atoms with Crippen LogP contribution >= 0.6 is 18.1 Å². The van der Waals surface area contributed by atoms with Gasteiger partial charge in [0.1, 0.15) is 6.54 Å². The fourth-order valence-electron chi connectivity index (χ4n) is 1.06. The average molecular weight is 294 g/mol. The molecule has 0 aromatic heterocycles. The summed E-state index contributed by atoms with van der Waals surface area (Å²) in [5.41, 5.74) is 0. The predicted molar refractivity (Wildman–Crippen MR) is 71.3 cm³/mol. The van der Waals surface area contributed by atoms with E-state index < -0.39 is 12.8 Å². The zero-order chi connectivity index (χ0) is 14.0. The van der Waals surface area contributed by atoms with E-state index in [1.807, 2.05) is 13.0 Å². The molecule has 1 atom stereocenters. The highest BCUT2D eigenvalue weighted by Gasteiger charge is 2.37. The Hall–Kier alpha value is -0.700. The molecule has 0 spiro atoms. The molecule has 0 aromatic rings. The van der Waals surface area contributed by atoms with Crippen molar-refractivity contribution in [2.24, 2.45) is 0 Å². The summed E-state index contributed by atoms with van der Waals surface area (Å²) in [5, 5.41) is 8.73. The first-order valence-corrected chi connectivity index (χ1v) is 8.93. The quantitative estimate of drug-likeness (QED) is 0.505. The summed E-state index contributed by atoms with van der Waals surface area (Å²) >= 11 is 1.06. The zero-order valence-electron chi connectivity index (χ0n) is 10.9. The van der Waals surface area contributed by atoms with E-state index in [2.05, 4.69) is 0 Å². The van der Waals surface area contributed by atoms with Gasteiger partial charge in [-0.05, 0) is 31.7 Å². The van der Waals surface area contributed by atoms with Gasteiger partial charge in [-0.15, -0.1) is 0 Å². The molecule has 1 amide bonds. The number of carbonyl (C=O) groups is 1. The van der Waals surface area contributed by atoms with E-state index in [0.717, 1.165) is 22.5 Å². The van der Waals surface area contributed by atoms with Crippen molar-refractivity contribution in [3.8, 4) is 6.07 Å². The smallest absolute Gasteiger partial charge is 0.418 e. The number of hydrogen-bond donors (Lipinski definition) is 0. The summed E-state index contributed by atoms with van der Waals surface area (Å²) in [7, 11) is 0. The Morgan fingerprint density at radius 1 is 1.39 bits per heavy atom. The third-order valence-corrected chi connectivity index (χ3v) is 6.58. The summed E-state index contributed by atoms with van der Waals surface area (Å²) in [5.74, 6) is 0.582. The lowest BCUT2D eigenvalue weighted by Crippen LogP contribution is -2.29. The van der Waals surface area contributed by atoms with Gasteiger partial charge < -0.3 is 9.26 Å². The average Bonchev–Trinajstić information content (AvgIpc) is 2.34. The second kappa shape index (κ2) is 9.26. The van der Waals surface area contributed by atoms with Gasteiger partial charge >= 0.3 is 12.8 Å². The number of ether oxygens (including phenoxy) is 1. The molecule has 0 aliphatic heterocycles. The number of rotatable bonds is 8. The lowest BCUT2D eigenvalue weighted by molar-refractivity contribution is 0.129. The molecule has 1 unspecified atom stereocenters. The maximum atomic E-state index is 12.6. The molecule has 6 nitrogen and oxygen atoms in total. The molecule has 8 heteroatoms. The van der Waals surface area contributed by atoms with Crippen molar-refractivity contribution in [1.29, 1.82) is 5.26 Å². The van der Waals surface area contributed by atoms with Gasteiger partial charge in [0.2, 0.25) is 0 Å². The highest BCUT2D eigenvalue weighted by atomic mass is 32.7. The largest absolute Gasteiger partial charge is 0.449 e. The highest BCUT2D eigenvalue weighted by Crippen LogP contribution is 2.62. The highest BCUT2D eigenvalue weighted by molar-refractivity contribution is 8.56. The molecule has 0 heterocycles.